The summed E-state index contributed by atoms with van der Waals surface area (Å²) in [6, 6.07) is 8.56. The summed E-state index contributed by atoms with van der Waals surface area (Å²) in [6.45, 7) is 13.3. The third kappa shape index (κ3) is 6.25. The van der Waals surface area contributed by atoms with Gasteiger partial charge in [-0.15, -0.1) is 0 Å². The van der Waals surface area contributed by atoms with Crippen molar-refractivity contribution < 1.29 is 0 Å². The number of benzene rings is 1. The number of nitrogens with zero attached hydrogens (tertiary/aromatic N) is 1. The highest BCUT2D eigenvalue weighted by molar-refractivity contribution is 6.30. The van der Waals surface area contributed by atoms with Crippen molar-refractivity contribution in [3.63, 3.8) is 0 Å². The van der Waals surface area contributed by atoms with E-state index >= 15 is 0 Å². The van der Waals surface area contributed by atoms with Gasteiger partial charge in [0.2, 0.25) is 0 Å². The fourth-order valence-electron chi connectivity index (χ4n) is 2.19. The first-order valence-corrected chi connectivity index (χ1v) is 7.77. The highest BCUT2D eigenvalue weighted by atomic mass is 35.5. The van der Waals surface area contributed by atoms with Gasteiger partial charge in [0.25, 0.3) is 0 Å². The van der Waals surface area contributed by atoms with Crippen LogP contribution in [0.1, 0.15) is 46.2 Å². The zero-order valence-electron chi connectivity index (χ0n) is 13.7. The summed E-state index contributed by atoms with van der Waals surface area (Å²) >= 11 is 5.94. The molecule has 1 rings (SSSR count). The van der Waals surface area contributed by atoms with Crippen LogP contribution >= 0.6 is 11.6 Å². The monoisotopic (exact) mass is 296 g/mol. The van der Waals surface area contributed by atoms with E-state index in [1.54, 1.807) is 0 Å². The van der Waals surface area contributed by atoms with E-state index in [2.05, 4.69) is 64.0 Å². The van der Waals surface area contributed by atoms with Crippen LogP contribution in [0.15, 0.2) is 24.3 Å². The van der Waals surface area contributed by atoms with Crippen molar-refractivity contribution in [2.45, 2.75) is 46.2 Å². The molecule has 1 N–H and O–H groups in total. The van der Waals surface area contributed by atoms with Gasteiger partial charge in [0.15, 0.2) is 0 Å². The molecule has 0 aliphatic rings. The topological polar surface area (TPSA) is 15.3 Å². The minimum atomic E-state index is 0.189. The molecule has 0 bridgehead atoms. The predicted molar refractivity (Wildman–Crippen MR) is 89.4 cm³/mol. The molecular formula is C17H29ClN2. The van der Waals surface area contributed by atoms with Crippen LogP contribution in [0.3, 0.4) is 0 Å². The van der Waals surface area contributed by atoms with Crippen molar-refractivity contribution in [1.82, 2.24) is 10.2 Å². The molecule has 0 amide bonds. The number of hydrogen-bond donors (Lipinski definition) is 1. The molecule has 0 saturated heterocycles. The third-order valence-electron chi connectivity index (χ3n) is 3.59. The maximum absolute atomic E-state index is 5.94. The molecule has 2 unspecified atom stereocenters. The van der Waals surface area contributed by atoms with Crippen LogP contribution in [0.2, 0.25) is 5.02 Å². The highest BCUT2D eigenvalue weighted by Crippen LogP contribution is 2.21. The Labute approximate surface area is 129 Å². The van der Waals surface area contributed by atoms with Gasteiger partial charge in [-0.05, 0) is 64.9 Å². The molecule has 20 heavy (non-hydrogen) atoms. The van der Waals surface area contributed by atoms with Crippen LogP contribution < -0.4 is 5.32 Å². The lowest BCUT2D eigenvalue weighted by molar-refractivity contribution is 0.217. The quantitative estimate of drug-likeness (QED) is 0.839. The molecule has 2 atom stereocenters. The molecule has 0 radical (unpaired) electrons. The first-order valence-electron chi connectivity index (χ1n) is 7.40. The SMILES string of the molecule is CC(CNC(C)(C)C)CN(C)C(C)c1ccc(Cl)cc1. The molecule has 0 heterocycles. The Morgan fingerprint density at radius 2 is 1.70 bits per heavy atom. The van der Waals surface area contributed by atoms with Crippen LogP contribution in [0.4, 0.5) is 0 Å². The second kappa shape index (κ2) is 7.44. The lowest BCUT2D eigenvalue weighted by Crippen LogP contribution is -2.41. The van der Waals surface area contributed by atoms with Gasteiger partial charge < -0.3 is 5.32 Å². The lowest BCUT2D eigenvalue weighted by atomic mass is 10.0. The fraction of sp³-hybridized carbons (Fsp3) is 0.647. The van der Waals surface area contributed by atoms with E-state index in [-0.39, 0.29) is 5.54 Å². The number of nitrogens with one attached hydrogen (secondary N) is 1. The van der Waals surface area contributed by atoms with E-state index in [1.165, 1.54) is 5.56 Å². The van der Waals surface area contributed by atoms with Crippen LogP contribution in [0.5, 0.6) is 0 Å². The van der Waals surface area contributed by atoms with Crippen LogP contribution in [0.25, 0.3) is 0 Å². The summed E-state index contributed by atoms with van der Waals surface area (Å²) in [4.78, 5) is 2.40. The molecule has 0 saturated carbocycles. The Hall–Kier alpha value is -0.570. The second-order valence-electron chi connectivity index (χ2n) is 6.90. The van der Waals surface area contributed by atoms with Crippen molar-refractivity contribution in [1.29, 1.82) is 0 Å². The van der Waals surface area contributed by atoms with E-state index < -0.39 is 0 Å². The molecule has 3 heteroatoms. The van der Waals surface area contributed by atoms with E-state index in [1.807, 2.05) is 12.1 Å². The summed E-state index contributed by atoms with van der Waals surface area (Å²) < 4.78 is 0. The molecule has 1 aromatic rings. The molecule has 114 valence electrons. The van der Waals surface area contributed by atoms with Crippen molar-refractivity contribution in [3.8, 4) is 0 Å². The lowest BCUT2D eigenvalue weighted by Gasteiger charge is -2.30. The Morgan fingerprint density at radius 3 is 2.20 bits per heavy atom. The molecule has 0 spiro atoms. The minimum Gasteiger partial charge on any atom is -0.312 e. The Kier molecular flexibility index (Phi) is 6.50. The number of halogens is 1. The highest BCUT2D eigenvalue weighted by Gasteiger charge is 2.16. The molecule has 0 aliphatic heterocycles. The number of hydrogen-bond acceptors (Lipinski definition) is 2. The van der Waals surface area contributed by atoms with Gasteiger partial charge >= 0.3 is 0 Å². The van der Waals surface area contributed by atoms with Gasteiger partial charge in [-0.25, -0.2) is 0 Å². The summed E-state index contributed by atoms with van der Waals surface area (Å²) in [5.74, 6) is 0.619. The Balaban J connectivity index is 2.48. The molecular weight excluding hydrogens is 268 g/mol. The minimum absolute atomic E-state index is 0.189. The maximum atomic E-state index is 5.94. The van der Waals surface area contributed by atoms with Gasteiger partial charge in [0.05, 0.1) is 0 Å². The molecule has 0 aliphatic carbocycles. The second-order valence-corrected chi connectivity index (χ2v) is 7.34. The average Bonchev–Trinajstić information content (AvgIpc) is 2.35. The van der Waals surface area contributed by atoms with Crippen molar-refractivity contribution in [2.24, 2.45) is 5.92 Å². The van der Waals surface area contributed by atoms with E-state index in [0.29, 0.717) is 12.0 Å². The first kappa shape index (κ1) is 17.5. The molecule has 1 aromatic carbocycles. The van der Waals surface area contributed by atoms with E-state index in [9.17, 15) is 0 Å². The van der Waals surface area contributed by atoms with E-state index in [0.717, 1.165) is 18.1 Å². The molecule has 0 fully saturated rings. The zero-order valence-corrected chi connectivity index (χ0v) is 14.5. The van der Waals surface area contributed by atoms with Crippen molar-refractivity contribution >= 4 is 11.6 Å². The molecule has 0 aromatic heterocycles. The maximum Gasteiger partial charge on any atom is 0.0406 e. The summed E-state index contributed by atoms with van der Waals surface area (Å²) in [5, 5.41) is 4.37. The summed E-state index contributed by atoms with van der Waals surface area (Å²) in [5.41, 5.74) is 1.50. The van der Waals surface area contributed by atoms with Gasteiger partial charge in [-0.1, -0.05) is 30.7 Å². The normalized spacial score (nSPS) is 15.4. The van der Waals surface area contributed by atoms with Crippen molar-refractivity contribution in [2.75, 3.05) is 20.1 Å². The smallest absolute Gasteiger partial charge is 0.0406 e. The number of rotatable bonds is 6. The van der Waals surface area contributed by atoms with Crippen LogP contribution in [-0.4, -0.2) is 30.6 Å². The van der Waals surface area contributed by atoms with Gasteiger partial charge in [0, 0.05) is 23.1 Å². The predicted octanol–water partition coefficient (Wildman–Crippen LogP) is 4.36. The first-order chi connectivity index (χ1) is 9.19. The third-order valence-corrected chi connectivity index (χ3v) is 3.85. The summed E-state index contributed by atoms with van der Waals surface area (Å²) in [7, 11) is 2.19. The standard InChI is InChI=1S/C17H29ClN2/c1-13(11-19-17(3,4)5)12-20(6)14(2)15-7-9-16(18)10-8-15/h7-10,13-14,19H,11-12H2,1-6H3. The van der Waals surface area contributed by atoms with Gasteiger partial charge in [0.1, 0.15) is 0 Å². The average molecular weight is 297 g/mol. The van der Waals surface area contributed by atoms with Crippen LogP contribution in [-0.2, 0) is 0 Å². The zero-order chi connectivity index (χ0) is 15.3. The summed E-state index contributed by atoms with van der Waals surface area (Å²) in [6.07, 6.45) is 0. The van der Waals surface area contributed by atoms with Gasteiger partial charge in [-0.2, -0.15) is 0 Å². The van der Waals surface area contributed by atoms with Crippen LogP contribution in [0, 0.1) is 5.92 Å². The fourth-order valence-corrected chi connectivity index (χ4v) is 2.32. The van der Waals surface area contributed by atoms with E-state index in [4.69, 9.17) is 11.6 Å². The Bertz CT molecular complexity index is 394. The largest absolute Gasteiger partial charge is 0.312 e. The van der Waals surface area contributed by atoms with Crippen molar-refractivity contribution in [3.05, 3.63) is 34.9 Å². The Morgan fingerprint density at radius 1 is 1.15 bits per heavy atom. The van der Waals surface area contributed by atoms with Gasteiger partial charge in [-0.3, -0.25) is 4.90 Å². The molecule has 2 nitrogen and oxygen atoms in total.